The van der Waals surface area contributed by atoms with Gasteiger partial charge in [0.25, 0.3) is 0 Å². The maximum Gasteiger partial charge on any atom is 0.145 e. The molecule has 0 amide bonds. The second-order valence-corrected chi connectivity index (χ2v) is 9.78. The molecule has 0 unspecified atom stereocenters. The Hall–Kier alpha value is -5.08. The fraction of sp³-hybridized carbons (Fsp3) is 0. The van der Waals surface area contributed by atoms with E-state index in [1.807, 2.05) is 6.07 Å². The van der Waals surface area contributed by atoms with Gasteiger partial charge in [0.05, 0.1) is 16.4 Å². The highest BCUT2D eigenvalue weighted by atomic mass is 16.3. The summed E-state index contributed by atoms with van der Waals surface area (Å²) in [6.07, 6.45) is 0. The van der Waals surface area contributed by atoms with Crippen molar-refractivity contribution in [2.75, 3.05) is 0 Å². The second kappa shape index (κ2) is 8.22. The lowest BCUT2D eigenvalue weighted by Gasteiger charge is -2.09. The number of fused-ring (bicyclic) bond motifs is 7. The van der Waals surface area contributed by atoms with E-state index < -0.39 is 0 Å². The van der Waals surface area contributed by atoms with Crippen LogP contribution >= 0.6 is 0 Å². The van der Waals surface area contributed by atoms with E-state index in [0.717, 1.165) is 38.5 Å². The van der Waals surface area contributed by atoms with Crippen molar-refractivity contribution in [1.29, 1.82) is 0 Å². The molecule has 0 atom stereocenters. The van der Waals surface area contributed by atoms with E-state index in [0.29, 0.717) is 0 Å². The third-order valence-corrected chi connectivity index (χ3v) is 7.59. The molecule has 2 heterocycles. The lowest BCUT2D eigenvalue weighted by molar-refractivity contribution is 0.673. The van der Waals surface area contributed by atoms with Crippen molar-refractivity contribution >= 4 is 43.7 Å². The standard InChI is InChI=1S/C36H23NO/c1-3-10-24(11-4-1)25-12-9-13-26(22-25)27-18-20-32-31(23-27)35-33(37(32)28-14-5-2-6-15-28)21-19-30-29-16-7-8-17-34(29)38-36(30)35/h1-23H. The van der Waals surface area contributed by atoms with Gasteiger partial charge in [-0.1, -0.05) is 91.0 Å². The zero-order valence-corrected chi connectivity index (χ0v) is 20.6. The van der Waals surface area contributed by atoms with Crippen LogP contribution in [-0.4, -0.2) is 4.57 Å². The van der Waals surface area contributed by atoms with Gasteiger partial charge in [0.1, 0.15) is 11.2 Å². The summed E-state index contributed by atoms with van der Waals surface area (Å²) in [7, 11) is 0. The van der Waals surface area contributed by atoms with Crippen LogP contribution in [0.1, 0.15) is 0 Å². The summed E-state index contributed by atoms with van der Waals surface area (Å²) in [5, 5.41) is 4.64. The molecule has 0 aliphatic rings. The first-order chi connectivity index (χ1) is 18.8. The van der Waals surface area contributed by atoms with Crippen molar-refractivity contribution in [3.8, 4) is 27.9 Å². The molecule has 0 N–H and O–H groups in total. The van der Waals surface area contributed by atoms with Crippen LogP contribution in [0.3, 0.4) is 0 Å². The second-order valence-electron chi connectivity index (χ2n) is 9.78. The van der Waals surface area contributed by atoms with E-state index in [2.05, 4.69) is 138 Å². The number of para-hydroxylation sites is 2. The van der Waals surface area contributed by atoms with Crippen LogP contribution in [0.4, 0.5) is 0 Å². The zero-order chi connectivity index (χ0) is 25.1. The number of furan rings is 1. The average Bonchev–Trinajstić information content (AvgIpc) is 3.53. The normalized spacial score (nSPS) is 11.7. The third kappa shape index (κ3) is 3.14. The van der Waals surface area contributed by atoms with Crippen LogP contribution in [0.25, 0.3) is 71.7 Å². The Morgan fingerprint density at radius 2 is 1.08 bits per heavy atom. The van der Waals surface area contributed by atoms with Gasteiger partial charge in [0.2, 0.25) is 0 Å². The van der Waals surface area contributed by atoms with Gasteiger partial charge >= 0.3 is 0 Å². The predicted molar refractivity (Wildman–Crippen MR) is 159 cm³/mol. The van der Waals surface area contributed by atoms with E-state index in [-0.39, 0.29) is 0 Å². The van der Waals surface area contributed by atoms with E-state index in [9.17, 15) is 0 Å². The summed E-state index contributed by atoms with van der Waals surface area (Å²) >= 11 is 0. The molecule has 6 aromatic carbocycles. The topological polar surface area (TPSA) is 18.1 Å². The van der Waals surface area contributed by atoms with Gasteiger partial charge in [-0.15, -0.1) is 0 Å². The zero-order valence-electron chi connectivity index (χ0n) is 20.6. The minimum Gasteiger partial charge on any atom is -0.455 e. The number of aromatic nitrogens is 1. The monoisotopic (exact) mass is 485 g/mol. The minimum atomic E-state index is 0.919. The van der Waals surface area contributed by atoms with Gasteiger partial charge in [-0.2, -0.15) is 0 Å². The molecule has 8 aromatic rings. The molecule has 0 saturated carbocycles. The molecule has 2 aromatic heterocycles. The predicted octanol–water partition coefficient (Wildman–Crippen LogP) is 10.0. The summed E-state index contributed by atoms with van der Waals surface area (Å²) in [6.45, 7) is 0. The summed E-state index contributed by atoms with van der Waals surface area (Å²) in [5.74, 6) is 0. The Balaban J connectivity index is 1.44. The molecule has 178 valence electrons. The molecule has 2 heteroatoms. The third-order valence-electron chi connectivity index (χ3n) is 7.59. The maximum atomic E-state index is 6.53. The summed E-state index contributed by atoms with van der Waals surface area (Å²) in [6, 6.07) is 49.5. The van der Waals surface area contributed by atoms with Gasteiger partial charge in [0, 0.05) is 21.8 Å². The fourth-order valence-electron chi connectivity index (χ4n) is 5.83. The Kier molecular flexibility index (Phi) is 4.55. The lowest BCUT2D eigenvalue weighted by Crippen LogP contribution is -1.92. The Labute approximate surface area is 220 Å². The van der Waals surface area contributed by atoms with Crippen LogP contribution in [-0.2, 0) is 0 Å². The molecule has 0 bridgehead atoms. The van der Waals surface area contributed by atoms with Crippen molar-refractivity contribution in [3.05, 3.63) is 140 Å². The van der Waals surface area contributed by atoms with E-state index in [4.69, 9.17) is 4.42 Å². The van der Waals surface area contributed by atoms with Crippen molar-refractivity contribution < 1.29 is 4.42 Å². The Bertz CT molecular complexity index is 2110. The van der Waals surface area contributed by atoms with Crippen molar-refractivity contribution in [2.45, 2.75) is 0 Å². The largest absolute Gasteiger partial charge is 0.455 e. The van der Waals surface area contributed by atoms with Crippen LogP contribution in [0.5, 0.6) is 0 Å². The summed E-state index contributed by atoms with van der Waals surface area (Å²) in [5.41, 5.74) is 10.1. The molecule has 0 fully saturated rings. The van der Waals surface area contributed by atoms with Gasteiger partial charge in [-0.05, 0) is 70.8 Å². The number of rotatable bonds is 3. The molecule has 0 aliphatic heterocycles. The van der Waals surface area contributed by atoms with Crippen molar-refractivity contribution in [1.82, 2.24) is 4.57 Å². The summed E-state index contributed by atoms with van der Waals surface area (Å²) < 4.78 is 8.88. The van der Waals surface area contributed by atoms with Crippen LogP contribution < -0.4 is 0 Å². The quantitative estimate of drug-likeness (QED) is 0.243. The van der Waals surface area contributed by atoms with Gasteiger partial charge in [-0.3, -0.25) is 0 Å². The molecule has 38 heavy (non-hydrogen) atoms. The Morgan fingerprint density at radius 1 is 0.421 bits per heavy atom. The van der Waals surface area contributed by atoms with Gasteiger partial charge in [-0.25, -0.2) is 0 Å². The van der Waals surface area contributed by atoms with Crippen LogP contribution in [0.2, 0.25) is 0 Å². The molecule has 2 nitrogen and oxygen atoms in total. The highest BCUT2D eigenvalue weighted by Gasteiger charge is 2.19. The fourth-order valence-corrected chi connectivity index (χ4v) is 5.83. The average molecular weight is 486 g/mol. The van der Waals surface area contributed by atoms with Crippen molar-refractivity contribution in [2.24, 2.45) is 0 Å². The van der Waals surface area contributed by atoms with Gasteiger partial charge < -0.3 is 8.98 Å². The van der Waals surface area contributed by atoms with Crippen molar-refractivity contribution in [3.63, 3.8) is 0 Å². The number of hydrogen-bond donors (Lipinski definition) is 0. The van der Waals surface area contributed by atoms with Crippen LogP contribution in [0, 0.1) is 0 Å². The number of hydrogen-bond acceptors (Lipinski definition) is 1. The first kappa shape index (κ1) is 21.0. The number of benzene rings is 6. The van der Waals surface area contributed by atoms with Gasteiger partial charge in [0.15, 0.2) is 0 Å². The molecular formula is C36H23NO. The molecular weight excluding hydrogens is 462 g/mol. The SMILES string of the molecule is c1ccc(-c2cccc(-c3ccc4c(c3)c3c5oc6ccccc6c5ccc3n4-c3ccccc3)c2)cc1. The highest BCUT2D eigenvalue weighted by molar-refractivity contribution is 6.24. The molecule has 0 spiro atoms. The lowest BCUT2D eigenvalue weighted by atomic mass is 9.98. The highest BCUT2D eigenvalue weighted by Crippen LogP contribution is 2.41. The van der Waals surface area contributed by atoms with Crippen LogP contribution in [0.15, 0.2) is 144 Å². The first-order valence-corrected chi connectivity index (χ1v) is 12.9. The molecule has 0 saturated heterocycles. The summed E-state index contributed by atoms with van der Waals surface area (Å²) in [4.78, 5) is 0. The smallest absolute Gasteiger partial charge is 0.145 e. The minimum absolute atomic E-state index is 0.919. The molecule has 0 radical (unpaired) electrons. The molecule has 8 rings (SSSR count). The maximum absolute atomic E-state index is 6.53. The first-order valence-electron chi connectivity index (χ1n) is 12.9. The molecule has 0 aliphatic carbocycles. The Morgan fingerprint density at radius 3 is 1.92 bits per heavy atom. The van der Waals surface area contributed by atoms with E-state index in [1.165, 1.54) is 33.2 Å². The van der Waals surface area contributed by atoms with E-state index in [1.54, 1.807) is 0 Å². The van der Waals surface area contributed by atoms with E-state index >= 15 is 0 Å². The number of nitrogens with zero attached hydrogens (tertiary/aromatic N) is 1.